The van der Waals surface area contributed by atoms with Crippen LogP contribution in [0, 0.1) is 113 Å². The first-order valence-electron chi connectivity index (χ1n) is 31.0. The fourth-order valence-corrected chi connectivity index (χ4v) is 23.4. The molecule has 0 aliphatic heterocycles. The Kier molecular flexibility index (Phi) is 22.8. The van der Waals surface area contributed by atoms with E-state index in [1.165, 1.54) is 19.4 Å². The van der Waals surface area contributed by atoms with Crippen LogP contribution in [0.25, 0.3) is 0 Å². The van der Waals surface area contributed by atoms with Gasteiger partial charge in [-0.25, -0.2) is 4.79 Å². The van der Waals surface area contributed by atoms with Crippen molar-refractivity contribution in [1.29, 1.82) is 0 Å². The van der Waals surface area contributed by atoms with Gasteiger partial charge in [-0.15, -0.1) is 0 Å². The molecule has 10 saturated carbocycles. The number of rotatable bonds is 9. The number of carboxylic acid groups (broad SMARTS) is 2. The van der Waals surface area contributed by atoms with Gasteiger partial charge in [0.15, 0.2) is 0 Å². The zero-order chi connectivity index (χ0) is 61.2. The predicted octanol–water partition coefficient (Wildman–Crippen LogP) is 5.89. The molecular formula is C66H104N2Na2O14. The van der Waals surface area contributed by atoms with Gasteiger partial charge in [0.1, 0.15) is 6.61 Å². The van der Waals surface area contributed by atoms with E-state index in [0.29, 0.717) is 41.9 Å². The number of aliphatic carboxylic acids is 2. The molecule has 10 rings (SSSR count). The molecular weight excluding hydrogens is 1090 g/mol. The third-order valence-electron chi connectivity index (χ3n) is 27.5. The Balaban J connectivity index is 0.000000326. The molecule has 20 atom stereocenters. The Hall–Kier alpha value is -2.15. The summed E-state index contributed by atoms with van der Waals surface area (Å²) >= 11 is 0. The van der Waals surface area contributed by atoms with Crippen molar-refractivity contribution in [2.45, 2.75) is 212 Å². The number of esters is 1. The molecule has 5 N–H and O–H groups in total. The van der Waals surface area contributed by atoms with Crippen molar-refractivity contribution < 1.29 is 130 Å². The number of ether oxygens (including phenoxy) is 1. The van der Waals surface area contributed by atoms with Gasteiger partial charge in [0, 0.05) is 31.8 Å². The maximum Gasteiger partial charge on any atom is 1.00 e. The summed E-state index contributed by atoms with van der Waals surface area (Å²) in [6.07, 6.45) is 18.9. The van der Waals surface area contributed by atoms with Crippen molar-refractivity contribution in [3.8, 4) is 0 Å². The maximum atomic E-state index is 12.9. The summed E-state index contributed by atoms with van der Waals surface area (Å²) in [5.74, 6) is 1.34. The third kappa shape index (κ3) is 11.0. The molecule has 18 heteroatoms. The number of carbonyl (C=O) groups is 5. The zero-order valence-corrected chi connectivity index (χ0v) is 58.1. The molecule has 10 aliphatic carbocycles. The number of carboxylic acids is 2. The van der Waals surface area contributed by atoms with Crippen LogP contribution in [0.4, 0.5) is 0 Å². The minimum Gasteiger partial charge on any atom is -1.00 e. The molecule has 84 heavy (non-hydrogen) atoms. The van der Waals surface area contributed by atoms with Crippen LogP contribution in [-0.4, -0.2) is 87.7 Å². The molecule has 0 unspecified atom stereocenters. The van der Waals surface area contributed by atoms with Crippen molar-refractivity contribution in [1.82, 2.24) is 0 Å². The van der Waals surface area contributed by atoms with Gasteiger partial charge in [0.25, 0.3) is 6.47 Å². The van der Waals surface area contributed by atoms with Crippen molar-refractivity contribution in [2.24, 2.45) is 124 Å². The van der Waals surface area contributed by atoms with E-state index in [-0.39, 0.29) is 142 Å². The molecule has 10 aliphatic rings. The van der Waals surface area contributed by atoms with Crippen LogP contribution in [0.15, 0.2) is 34.6 Å². The van der Waals surface area contributed by atoms with Crippen LogP contribution in [0.2, 0.25) is 0 Å². The summed E-state index contributed by atoms with van der Waals surface area (Å²) in [4.78, 5) is 65.7. The van der Waals surface area contributed by atoms with E-state index in [4.69, 9.17) is 24.7 Å². The number of oxime groups is 2. The van der Waals surface area contributed by atoms with Gasteiger partial charge in [-0.3, -0.25) is 19.2 Å². The minimum absolute atomic E-state index is 0. The van der Waals surface area contributed by atoms with Crippen LogP contribution in [-0.2, 0) is 38.4 Å². The Labute approximate surface area is 547 Å². The second-order valence-electron chi connectivity index (χ2n) is 29.9. The van der Waals surface area contributed by atoms with Gasteiger partial charge < -0.3 is 46.8 Å². The second kappa shape index (κ2) is 26.4. The standard InChI is InChI=1S/C34H51NO6.C30H47NO4.CH2O3.CH4O.2Na.H/c1-20(2)23-11-16-34(29(38)39)18-17-32(7)24(28(23)34)9-10-26-30(5)14-13-27(35-41-22(4)37)31(6,19-40-21(3)36)25(30)12-15-33(26,32)8;1-18(2)19-9-14-30(25(33)34)16-15-28(5)20(24(19)30)7-8-22-26(3)12-11-23(31-35)27(4,17-32)21(26)10-13-29(22,28)6;2-1-4-3;1-2;;;/h23-26,28H,1,9-19H2,2-8H3,(H,38,39);19-22,24,32,35H,1,7-17H2,2-6H3,(H,33,34);1,3H;2H,1H3;;;/q;;;;2*+1;-1/p-1/b;31-23-;;;;;/t23-,24+,25+,26+,28+,30-,31+,32+,33+,34-;19-,20+,21+,22+,24+,26-,27+,28+,29+,30-;;;;;/m00...../s1. The number of hydrogen-bond acceptors (Lipinski definition) is 14. The number of aliphatic hydroxyl groups is 2. The van der Waals surface area contributed by atoms with E-state index in [2.05, 4.69) is 97.6 Å². The van der Waals surface area contributed by atoms with Crippen LogP contribution < -0.4 is 64.4 Å². The van der Waals surface area contributed by atoms with Crippen molar-refractivity contribution in [2.75, 3.05) is 20.3 Å². The SMILES string of the molecule is C=C(C)[C@@H]1CC[C@]2(C(=O)O)CC[C@]3(C)[C@H](CC[C@@H]4[C@@]5(C)CC/C(=N/O)[C@](C)(CO)[C@@H]5CC[C@]43C)[C@@H]12.C=C(C)[C@@H]1CC[C@]2(C(=O)O)CC[C@]3(C)[C@H](CC[C@@H]4[C@@]5(C)CCC(=NOC(C)=O)[C@](C)(COC(C)=O)[C@@H]5CC[C@]43C)[C@@H]12.CO.O=CO[O-].[H-].[Na+].[Na+]. The number of hydrogen-bond donors (Lipinski definition) is 5. The number of carbonyl (C=O) groups excluding carboxylic acids is 3. The first kappa shape index (κ1) is 72.6. The van der Waals surface area contributed by atoms with E-state index in [0.717, 1.165) is 146 Å². The van der Waals surface area contributed by atoms with E-state index >= 15 is 0 Å². The number of aliphatic hydroxyl groups excluding tert-OH is 2. The molecule has 464 valence electrons. The zero-order valence-electron chi connectivity index (χ0n) is 55.1. The molecule has 0 bridgehead atoms. The quantitative estimate of drug-likeness (QED) is 0.0264. The van der Waals surface area contributed by atoms with Crippen LogP contribution >= 0.6 is 0 Å². The van der Waals surface area contributed by atoms with Gasteiger partial charge in [-0.05, 0) is 234 Å². The van der Waals surface area contributed by atoms with Crippen molar-refractivity contribution in [3.05, 3.63) is 24.3 Å². The monoisotopic (exact) mass is 1190 g/mol. The first-order chi connectivity index (χ1) is 38.3. The Morgan fingerprint density at radius 1 is 0.583 bits per heavy atom. The Morgan fingerprint density at radius 3 is 1.33 bits per heavy atom. The summed E-state index contributed by atoms with van der Waals surface area (Å²) in [5.41, 5.74) is 2.16. The molecule has 0 aromatic rings. The van der Waals surface area contributed by atoms with E-state index in [1.54, 1.807) is 0 Å². The summed E-state index contributed by atoms with van der Waals surface area (Å²) in [7, 11) is 1.00. The molecule has 10 fully saturated rings. The fourth-order valence-electron chi connectivity index (χ4n) is 23.4. The summed E-state index contributed by atoms with van der Waals surface area (Å²) in [6.45, 7) is 35.0. The van der Waals surface area contributed by atoms with Crippen LogP contribution in [0.5, 0.6) is 0 Å². The normalized spacial score (nSPS) is 46.3. The van der Waals surface area contributed by atoms with Gasteiger partial charge in [-0.1, -0.05) is 90.0 Å². The summed E-state index contributed by atoms with van der Waals surface area (Å²) in [5, 5.41) is 64.8. The molecule has 0 aromatic heterocycles. The van der Waals surface area contributed by atoms with Crippen LogP contribution in [0.3, 0.4) is 0 Å². The smallest absolute Gasteiger partial charge is 1.00 e. The average molecular weight is 1200 g/mol. The van der Waals surface area contributed by atoms with Gasteiger partial charge in [-0.2, -0.15) is 0 Å². The topological polar surface area (TPSA) is 262 Å². The predicted molar refractivity (Wildman–Crippen MR) is 310 cm³/mol. The third-order valence-corrected chi connectivity index (χ3v) is 27.5. The number of fused-ring (bicyclic) bond motifs is 14. The molecule has 0 heterocycles. The van der Waals surface area contributed by atoms with Gasteiger partial charge in [0.2, 0.25) is 0 Å². The molecule has 0 amide bonds. The fraction of sp³-hybridized carbons (Fsp3) is 0.833. The average Bonchev–Trinajstić information content (AvgIpc) is 1.52. The largest absolute Gasteiger partial charge is 1.00 e. The summed E-state index contributed by atoms with van der Waals surface area (Å²) < 4.78 is 5.67. The molecule has 0 aromatic carbocycles. The number of allylic oxidation sites excluding steroid dienone is 2. The van der Waals surface area contributed by atoms with Gasteiger partial charge >= 0.3 is 83.0 Å². The van der Waals surface area contributed by atoms with E-state index in [1.807, 2.05) is 0 Å². The Morgan fingerprint density at radius 2 is 0.988 bits per heavy atom. The molecule has 0 spiro atoms. The molecule has 0 saturated heterocycles. The Bertz CT molecular complexity index is 2570. The van der Waals surface area contributed by atoms with E-state index in [9.17, 15) is 39.7 Å². The summed E-state index contributed by atoms with van der Waals surface area (Å²) in [6, 6.07) is 0. The maximum absolute atomic E-state index is 12.9. The number of nitrogens with zero attached hydrogens (tertiary/aromatic N) is 2. The minimum atomic E-state index is -0.617. The first-order valence-corrected chi connectivity index (χ1v) is 31.0. The second-order valence-corrected chi connectivity index (χ2v) is 29.9. The van der Waals surface area contributed by atoms with Crippen molar-refractivity contribution >= 4 is 41.8 Å². The van der Waals surface area contributed by atoms with Gasteiger partial charge in [0.05, 0.1) is 28.9 Å². The van der Waals surface area contributed by atoms with Crippen LogP contribution in [0.1, 0.15) is 213 Å². The molecule has 0 radical (unpaired) electrons. The van der Waals surface area contributed by atoms with Crippen molar-refractivity contribution in [3.63, 3.8) is 0 Å². The molecule has 16 nitrogen and oxygen atoms in total. The van der Waals surface area contributed by atoms with E-state index < -0.39 is 39.6 Å².